The van der Waals surface area contributed by atoms with Gasteiger partial charge in [0.1, 0.15) is 11.6 Å². The SMILES string of the molecule is C#CCn1c(-c2ccccc2)nc(C2CCOCC2)c1N. The Bertz CT molecular complexity index is 649. The van der Waals surface area contributed by atoms with Gasteiger partial charge < -0.3 is 10.5 Å². The first kappa shape index (κ1) is 13.7. The Labute approximate surface area is 124 Å². The maximum absolute atomic E-state index is 6.32. The van der Waals surface area contributed by atoms with Crippen LogP contribution in [0.2, 0.25) is 0 Å². The molecule has 0 bridgehead atoms. The normalized spacial score (nSPS) is 15.8. The Morgan fingerprint density at radius 2 is 2.00 bits per heavy atom. The summed E-state index contributed by atoms with van der Waals surface area (Å²) in [5, 5.41) is 0. The van der Waals surface area contributed by atoms with Crippen molar-refractivity contribution in [3.63, 3.8) is 0 Å². The molecule has 1 aliphatic rings. The van der Waals surface area contributed by atoms with Crippen LogP contribution in [0.15, 0.2) is 30.3 Å². The Morgan fingerprint density at radius 3 is 2.67 bits per heavy atom. The van der Waals surface area contributed by atoms with Crippen molar-refractivity contribution in [1.29, 1.82) is 0 Å². The summed E-state index contributed by atoms with van der Waals surface area (Å²) in [5.41, 5.74) is 8.33. The molecule has 0 amide bonds. The molecule has 1 aromatic carbocycles. The number of hydrogen-bond donors (Lipinski definition) is 1. The highest BCUT2D eigenvalue weighted by Crippen LogP contribution is 2.33. The molecule has 0 aliphatic carbocycles. The standard InChI is InChI=1S/C17H19N3O/c1-2-10-20-16(18)15(13-8-11-21-12-9-13)19-17(20)14-6-4-3-5-7-14/h1,3-7,13H,8-12,18H2. The number of nitrogens with two attached hydrogens (primary N) is 1. The minimum absolute atomic E-state index is 0.361. The summed E-state index contributed by atoms with van der Waals surface area (Å²) >= 11 is 0. The zero-order valence-electron chi connectivity index (χ0n) is 12.0. The van der Waals surface area contributed by atoms with E-state index in [0.29, 0.717) is 18.3 Å². The van der Waals surface area contributed by atoms with E-state index in [0.717, 1.165) is 43.1 Å². The van der Waals surface area contributed by atoms with Crippen LogP contribution >= 0.6 is 0 Å². The molecule has 0 spiro atoms. The molecule has 4 heteroatoms. The number of benzene rings is 1. The van der Waals surface area contributed by atoms with Crippen molar-refractivity contribution in [2.75, 3.05) is 18.9 Å². The molecule has 0 atom stereocenters. The molecule has 1 saturated heterocycles. The van der Waals surface area contributed by atoms with Crippen molar-refractivity contribution in [2.45, 2.75) is 25.3 Å². The van der Waals surface area contributed by atoms with Crippen molar-refractivity contribution in [1.82, 2.24) is 9.55 Å². The van der Waals surface area contributed by atoms with Crippen molar-refractivity contribution < 1.29 is 4.74 Å². The van der Waals surface area contributed by atoms with Gasteiger partial charge in [-0.2, -0.15) is 0 Å². The molecule has 3 rings (SSSR count). The Morgan fingerprint density at radius 1 is 1.29 bits per heavy atom. The Hall–Kier alpha value is -2.25. The third-order valence-corrected chi connectivity index (χ3v) is 3.92. The molecule has 1 fully saturated rings. The number of aromatic nitrogens is 2. The molecule has 108 valence electrons. The van der Waals surface area contributed by atoms with Crippen LogP contribution in [0, 0.1) is 12.3 Å². The highest BCUT2D eigenvalue weighted by atomic mass is 16.5. The minimum Gasteiger partial charge on any atom is -0.383 e. The van der Waals surface area contributed by atoms with Crippen molar-refractivity contribution in [3.05, 3.63) is 36.0 Å². The summed E-state index contributed by atoms with van der Waals surface area (Å²) in [4.78, 5) is 4.81. The second-order valence-corrected chi connectivity index (χ2v) is 5.25. The van der Waals surface area contributed by atoms with E-state index in [9.17, 15) is 0 Å². The highest BCUT2D eigenvalue weighted by Gasteiger charge is 2.24. The van der Waals surface area contributed by atoms with Crippen LogP contribution in [0.25, 0.3) is 11.4 Å². The minimum atomic E-state index is 0.361. The summed E-state index contributed by atoms with van der Waals surface area (Å²) in [6.45, 7) is 1.98. The number of nitrogen functional groups attached to an aromatic ring is 1. The second kappa shape index (κ2) is 6.02. The van der Waals surface area contributed by atoms with E-state index in [4.69, 9.17) is 21.9 Å². The first-order valence-electron chi connectivity index (χ1n) is 7.23. The lowest BCUT2D eigenvalue weighted by atomic mass is 9.96. The van der Waals surface area contributed by atoms with Crippen molar-refractivity contribution in [3.8, 4) is 23.7 Å². The molecular formula is C17H19N3O. The number of terminal acetylenes is 1. The summed E-state index contributed by atoms with van der Waals surface area (Å²) in [6, 6.07) is 10.0. The lowest BCUT2D eigenvalue weighted by Crippen LogP contribution is -2.16. The summed E-state index contributed by atoms with van der Waals surface area (Å²) in [7, 11) is 0. The lowest BCUT2D eigenvalue weighted by molar-refractivity contribution is 0.0847. The molecule has 0 radical (unpaired) electrons. The molecular weight excluding hydrogens is 262 g/mol. The van der Waals surface area contributed by atoms with Crippen LogP contribution in [0.4, 0.5) is 5.82 Å². The number of rotatable bonds is 3. The predicted molar refractivity (Wildman–Crippen MR) is 83.7 cm³/mol. The van der Waals surface area contributed by atoms with E-state index in [-0.39, 0.29) is 0 Å². The highest BCUT2D eigenvalue weighted by molar-refractivity contribution is 5.61. The average molecular weight is 281 g/mol. The maximum Gasteiger partial charge on any atom is 0.142 e. The maximum atomic E-state index is 6.32. The van der Waals surface area contributed by atoms with E-state index >= 15 is 0 Å². The van der Waals surface area contributed by atoms with Gasteiger partial charge >= 0.3 is 0 Å². The van der Waals surface area contributed by atoms with Gasteiger partial charge in [-0.05, 0) is 12.8 Å². The number of anilines is 1. The van der Waals surface area contributed by atoms with Gasteiger partial charge in [0.05, 0.1) is 12.2 Å². The quantitative estimate of drug-likeness (QED) is 0.880. The lowest BCUT2D eigenvalue weighted by Gasteiger charge is -2.20. The third-order valence-electron chi connectivity index (χ3n) is 3.92. The van der Waals surface area contributed by atoms with E-state index in [1.807, 2.05) is 34.9 Å². The van der Waals surface area contributed by atoms with Crippen LogP contribution in [-0.4, -0.2) is 22.8 Å². The van der Waals surface area contributed by atoms with E-state index in [1.54, 1.807) is 0 Å². The van der Waals surface area contributed by atoms with Gasteiger partial charge in [0.15, 0.2) is 0 Å². The van der Waals surface area contributed by atoms with E-state index < -0.39 is 0 Å². The second-order valence-electron chi connectivity index (χ2n) is 5.25. The fourth-order valence-corrected chi connectivity index (χ4v) is 2.81. The fourth-order valence-electron chi connectivity index (χ4n) is 2.81. The van der Waals surface area contributed by atoms with Gasteiger partial charge in [-0.1, -0.05) is 36.3 Å². The third kappa shape index (κ3) is 2.65. The number of hydrogen-bond acceptors (Lipinski definition) is 3. The summed E-state index contributed by atoms with van der Waals surface area (Å²) in [6.07, 6.45) is 7.42. The largest absolute Gasteiger partial charge is 0.383 e. The van der Waals surface area contributed by atoms with Crippen molar-refractivity contribution in [2.24, 2.45) is 0 Å². The number of nitrogens with zero attached hydrogens (tertiary/aromatic N) is 2. The number of ether oxygens (including phenoxy) is 1. The van der Waals surface area contributed by atoms with Gasteiger partial charge in [-0.25, -0.2) is 4.98 Å². The molecule has 1 aromatic heterocycles. The molecule has 4 nitrogen and oxygen atoms in total. The Balaban J connectivity index is 2.05. The fraction of sp³-hybridized carbons (Fsp3) is 0.353. The van der Waals surface area contributed by atoms with E-state index in [1.165, 1.54) is 0 Å². The van der Waals surface area contributed by atoms with E-state index in [2.05, 4.69) is 5.92 Å². The van der Waals surface area contributed by atoms with Crippen LogP contribution in [0.1, 0.15) is 24.5 Å². The molecule has 0 unspecified atom stereocenters. The zero-order valence-corrected chi connectivity index (χ0v) is 12.0. The zero-order chi connectivity index (χ0) is 14.7. The predicted octanol–water partition coefficient (Wildman–Crippen LogP) is 2.66. The molecule has 1 aliphatic heterocycles. The van der Waals surface area contributed by atoms with Gasteiger partial charge in [0.2, 0.25) is 0 Å². The van der Waals surface area contributed by atoms with Crippen LogP contribution in [0.5, 0.6) is 0 Å². The van der Waals surface area contributed by atoms with Crippen LogP contribution in [-0.2, 0) is 11.3 Å². The molecule has 2 heterocycles. The monoisotopic (exact) mass is 281 g/mol. The molecule has 0 saturated carbocycles. The molecule has 2 aromatic rings. The van der Waals surface area contributed by atoms with Crippen LogP contribution < -0.4 is 5.73 Å². The first-order chi connectivity index (χ1) is 10.3. The average Bonchev–Trinajstić information content (AvgIpc) is 2.87. The molecule has 21 heavy (non-hydrogen) atoms. The van der Waals surface area contributed by atoms with Gasteiger partial charge in [-0.3, -0.25) is 4.57 Å². The van der Waals surface area contributed by atoms with Gasteiger partial charge in [0, 0.05) is 24.7 Å². The van der Waals surface area contributed by atoms with Gasteiger partial charge in [-0.15, -0.1) is 6.42 Å². The first-order valence-corrected chi connectivity index (χ1v) is 7.23. The summed E-state index contributed by atoms with van der Waals surface area (Å²) in [5.74, 6) is 4.58. The van der Waals surface area contributed by atoms with Gasteiger partial charge in [0.25, 0.3) is 0 Å². The Kier molecular flexibility index (Phi) is 3.94. The smallest absolute Gasteiger partial charge is 0.142 e. The summed E-state index contributed by atoms with van der Waals surface area (Å²) < 4.78 is 7.35. The topological polar surface area (TPSA) is 53.1 Å². The van der Waals surface area contributed by atoms with Crippen LogP contribution in [0.3, 0.4) is 0 Å². The van der Waals surface area contributed by atoms with Crippen molar-refractivity contribution >= 4 is 5.82 Å². The molecule has 2 N–H and O–H groups in total. The number of imidazole rings is 1.